The Morgan fingerprint density at radius 1 is 0.538 bits per heavy atom. The molecular formula is C29H41F13N4O15S4. The van der Waals surface area contributed by atoms with Crippen LogP contribution in [0.4, 0.5) is 57.1 Å². The molecule has 0 radical (unpaired) electrons. The molecule has 0 heterocycles. The zero-order chi connectivity index (χ0) is 52.8. The lowest BCUT2D eigenvalue weighted by Gasteiger charge is -2.16. The molecule has 0 fully saturated rings. The first-order valence-electron chi connectivity index (χ1n) is 16.2. The quantitative estimate of drug-likeness (QED) is 0.0244. The highest BCUT2D eigenvalue weighted by atomic mass is 32.2. The summed E-state index contributed by atoms with van der Waals surface area (Å²) in [6.07, 6.45) is -1.02. The predicted octanol–water partition coefficient (Wildman–Crippen LogP) is 3.46. The van der Waals surface area contributed by atoms with Crippen molar-refractivity contribution >= 4 is 58.0 Å². The maximum absolute atomic E-state index is 12.1. The molecule has 3 unspecified atom stereocenters. The Morgan fingerprint density at radius 3 is 1.09 bits per heavy atom. The minimum absolute atomic E-state index is 0.0653. The van der Waals surface area contributed by atoms with Gasteiger partial charge in [-0.3, -0.25) is 0 Å². The molecule has 0 saturated heterocycles. The second-order valence-electron chi connectivity index (χ2n) is 11.3. The Kier molecular flexibility index (Phi) is 28.9. The fraction of sp³-hybridized carbons (Fsp3) is 0.552. The second-order valence-corrected chi connectivity index (χ2v) is 18.4. The maximum Gasteiger partial charge on any atom is 0.511 e. The molecular weight excluding hydrogens is 1020 g/mol. The van der Waals surface area contributed by atoms with Gasteiger partial charge in [0.15, 0.2) is 0 Å². The summed E-state index contributed by atoms with van der Waals surface area (Å²) < 4.78 is 261. The molecule has 0 saturated carbocycles. The number of ether oxygens (including phenoxy) is 4. The van der Waals surface area contributed by atoms with Crippen molar-refractivity contribution in [2.45, 2.75) is 68.0 Å². The maximum atomic E-state index is 12.1. The summed E-state index contributed by atoms with van der Waals surface area (Å²) in [6.45, 7) is 17.5. The van der Waals surface area contributed by atoms with E-state index in [1.165, 1.54) is 41.0 Å². The lowest BCUT2D eigenvalue weighted by molar-refractivity contribution is -0.145. The smallest absolute Gasteiger partial charge is 0.490 e. The number of carbonyl (C=O) groups is 3. The van der Waals surface area contributed by atoms with Gasteiger partial charge in [0, 0.05) is 37.8 Å². The molecule has 0 rings (SSSR count). The Balaban J connectivity index is -0.000000382. The van der Waals surface area contributed by atoms with Gasteiger partial charge >= 0.3 is 80.0 Å². The summed E-state index contributed by atoms with van der Waals surface area (Å²) in [5.41, 5.74) is -21.5. The van der Waals surface area contributed by atoms with Crippen molar-refractivity contribution in [3.63, 3.8) is 0 Å². The largest absolute Gasteiger partial charge is 0.511 e. The van der Waals surface area contributed by atoms with Gasteiger partial charge in [0.05, 0.1) is 0 Å². The molecule has 4 N–H and O–H groups in total. The summed E-state index contributed by atoms with van der Waals surface area (Å²) in [4.78, 5) is 31.9. The van der Waals surface area contributed by atoms with Crippen molar-refractivity contribution in [3.8, 4) is 0 Å². The SMILES string of the molecule is C=C(C)C(=O)OC(C)CNS(=O)(=O)C(F)(F)F.C=C(F)C(=O)OC(C)CNS(=O)(=O)C(F)(F)F.C=CC(=C)OC(C)CNS(=O)(=O)C(F)(F)F.C=CC(=O)OCCNS(=O)(=O)C(F)(F)F. The van der Waals surface area contributed by atoms with Crippen molar-refractivity contribution in [1.82, 2.24) is 18.9 Å². The molecule has 19 nitrogen and oxygen atoms in total. The highest BCUT2D eigenvalue weighted by Gasteiger charge is 2.48. The third-order valence-electron chi connectivity index (χ3n) is 5.47. The molecule has 0 bridgehead atoms. The van der Waals surface area contributed by atoms with Gasteiger partial charge in [0.1, 0.15) is 30.7 Å². The van der Waals surface area contributed by atoms with E-state index >= 15 is 0 Å². The molecule has 0 aliphatic carbocycles. The van der Waals surface area contributed by atoms with E-state index in [9.17, 15) is 105 Å². The van der Waals surface area contributed by atoms with E-state index in [0.717, 1.165) is 17.7 Å². The molecule has 0 aliphatic rings. The Morgan fingerprint density at radius 2 is 0.831 bits per heavy atom. The molecule has 0 aromatic heterocycles. The fourth-order valence-corrected chi connectivity index (χ4v) is 4.73. The summed E-state index contributed by atoms with van der Waals surface area (Å²) in [5, 5.41) is 0. The van der Waals surface area contributed by atoms with E-state index < -0.39 is 137 Å². The van der Waals surface area contributed by atoms with Crippen LogP contribution >= 0.6 is 0 Å². The summed E-state index contributed by atoms with van der Waals surface area (Å²) in [6, 6.07) is 0. The Hall–Kier alpha value is -4.36. The standard InChI is InChI=1S/C8H12F3NO4S.C8H12F3NO3S.C7H9F4NO4S.C6H8F3NO4S/c1-5(2)7(13)16-6(3)4-12-17(14,15)8(9,10)11;1-4-6(2)15-7(3)5-12-16(13,14)8(9,10)11;1-4(16-6(13)5(2)8)3-12-17(14,15)7(9,10)11;1-2-5(11)14-4-3-10-15(12,13)6(7,8)9/h6,12H,1,4H2,2-3H3;4,7,12H,1-2,5H2,3H3;4,12H,2-3H2,1H3;2,10H,1,3-4H2. The van der Waals surface area contributed by atoms with Crippen molar-refractivity contribution in [3.05, 3.63) is 62.2 Å². The monoisotopic (exact) mass is 1060 g/mol. The molecule has 0 aliphatic heterocycles. The molecule has 382 valence electrons. The summed E-state index contributed by atoms with van der Waals surface area (Å²) in [7, 11) is -21.6. The molecule has 0 aromatic rings. The van der Waals surface area contributed by atoms with Crippen LogP contribution < -0.4 is 18.9 Å². The van der Waals surface area contributed by atoms with Crippen molar-refractivity contribution < 1.29 is 124 Å². The fourth-order valence-electron chi connectivity index (χ4n) is 2.36. The van der Waals surface area contributed by atoms with Gasteiger partial charge in [-0.2, -0.15) is 57.1 Å². The van der Waals surface area contributed by atoms with Gasteiger partial charge < -0.3 is 18.9 Å². The average molecular weight is 1060 g/mol. The normalized spacial score (nSPS) is 13.7. The highest BCUT2D eigenvalue weighted by Crippen LogP contribution is 2.24. The van der Waals surface area contributed by atoms with Crippen LogP contribution in [0.5, 0.6) is 0 Å². The third kappa shape index (κ3) is 29.7. The van der Waals surface area contributed by atoms with Crippen molar-refractivity contribution in [1.29, 1.82) is 0 Å². The number of hydrogen-bond donors (Lipinski definition) is 4. The van der Waals surface area contributed by atoms with Crippen LogP contribution in [0.3, 0.4) is 0 Å². The van der Waals surface area contributed by atoms with Crippen LogP contribution in [-0.2, 0) is 73.4 Å². The van der Waals surface area contributed by atoms with Crippen LogP contribution in [-0.4, -0.2) is 125 Å². The average Bonchev–Trinajstić information content (AvgIpc) is 3.12. The van der Waals surface area contributed by atoms with Gasteiger partial charge in [-0.15, -0.1) is 0 Å². The van der Waals surface area contributed by atoms with Crippen LogP contribution in [0.2, 0.25) is 0 Å². The van der Waals surface area contributed by atoms with Gasteiger partial charge in [-0.1, -0.05) is 32.9 Å². The first-order chi connectivity index (χ1) is 28.7. The number of hydrogen-bond acceptors (Lipinski definition) is 15. The highest BCUT2D eigenvalue weighted by molar-refractivity contribution is 7.91. The lowest BCUT2D eigenvalue weighted by atomic mass is 10.3. The lowest BCUT2D eigenvalue weighted by Crippen LogP contribution is -2.40. The number of rotatable bonds is 21. The summed E-state index contributed by atoms with van der Waals surface area (Å²) >= 11 is 0. The number of nitrogens with one attached hydrogen (secondary N) is 4. The van der Waals surface area contributed by atoms with E-state index in [1.54, 1.807) is 0 Å². The predicted molar refractivity (Wildman–Crippen MR) is 199 cm³/mol. The molecule has 0 aromatic carbocycles. The van der Waals surface area contributed by atoms with Crippen LogP contribution in [0, 0.1) is 0 Å². The minimum Gasteiger partial charge on any atom is -0.490 e. The van der Waals surface area contributed by atoms with Gasteiger partial charge in [0.2, 0.25) is 5.83 Å². The van der Waals surface area contributed by atoms with Crippen molar-refractivity contribution in [2.24, 2.45) is 0 Å². The molecule has 36 heteroatoms. The topological polar surface area (TPSA) is 273 Å². The van der Waals surface area contributed by atoms with Gasteiger partial charge in [-0.25, -0.2) is 66.9 Å². The number of carbonyl (C=O) groups excluding carboxylic acids is 3. The molecule has 0 amide bonds. The Bertz CT molecular complexity index is 2010. The van der Waals surface area contributed by atoms with E-state index in [-0.39, 0.29) is 11.3 Å². The van der Waals surface area contributed by atoms with Gasteiger partial charge in [-0.05, 0) is 33.8 Å². The number of esters is 3. The number of alkyl halides is 12. The molecule has 3 atom stereocenters. The summed E-state index contributed by atoms with van der Waals surface area (Å²) in [5.74, 6) is -4.40. The van der Waals surface area contributed by atoms with E-state index in [1.807, 2.05) is 0 Å². The van der Waals surface area contributed by atoms with E-state index in [2.05, 4.69) is 47.1 Å². The second kappa shape index (κ2) is 28.0. The third-order valence-corrected chi connectivity index (χ3v) is 10.1. The molecule has 65 heavy (non-hydrogen) atoms. The first kappa shape index (κ1) is 67.2. The molecule has 0 spiro atoms. The zero-order valence-electron chi connectivity index (χ0n) is 33.6. The van der Waals surface area contributed by atoms with Crippen LogP contribution in [0.15, 0.2) is 62.2 Å². The van der Waals surface area contributed by atoms with Crippen molar-refractivity contribution in [2.75, 3.05) is 32.8 Å². The number of allylic oxidation sites excluding steroid dienone is 1. The van der Waals surface area contributed by atoms with E-state index in [0.29, 0.717) is 0 Å². The van der Waals surface area contributed by atoms with E-state index in [4.69, 9.17) is 4.74 Å². The Labute approximate surface area is 363 Å². The zero-order valence-corrected chi connectivity index (χ0v) is 36.9. The van der Waals surface area contributed by atoms with Crippen LogP contribution in [0.1, 0.15) is 27.7 Å². The minimum atomic E-state index is -5.51. The number of sulfonamides is 4. The first-order valence-corrected chi connectivity index (χ1v) is 22.1. The number of halogens is 13. The van der Waals surface area contributed by atoms with Crippen LogP contribution in [0.25, 0.3) is 0 Å². The van der Waals surface area contributed by atoms with Gasteiger partial charge in [0.25, 0.3) is 0 Å².